The minimum atomic E-state index is -1.37. The summed E-state index contributed by atoms with van der Waals surface area (Å²) in [7, 11) is 0. The smallest absolute Gasteiger partial charge is 0.147 e. The van der Waals surface area contributed by atoms with Crippen LogP contribution in [0.15, 0.2) is 17.6 Å². The quantitative estimate of drug-likeness (QED) is 0.344. The van der Waals surface area contributed by atoms with Gasteiger partial charge in [0.25, 0.3) is 0 Å². The fraction of sp³-hybridized carbons (Fsp3) is 0.625. The Balaban J connectivity index is 4.83. The molecular formula is C8H14O4. The van der Waals surface area contributed by atoms with Crippen molar-refractivity contribution in [1.29, 1.82) is 0 Å². The third-order valence-electron chi connectivity index (χ3n) is 1.69. The van der Waals surface area contributed by atoms with Gasteiger partial charge in [-0.2, -0.15) is 0 Å². The zero-order valence-electron chi connectivity index (χ0n) is 6.99. The standard InChI is InChI=1S/C8H14O4/c1-2-3-7(12)8(4-9,5-10)6-11/h2,9-12H,4-6H2,1H3. The first-order valence-electron chi connectivity index (χ1n) is 3.60. The number of aliphatic hydroxyl groups is 4. The molecule has 0 heterocycles. The van der Waals surface area contributed by atoms with Gasteiger partial charge < -0.3 is 20.4 Å². The molecule has 0 amide bonds. The van der Waals surface area contributed by atoms with Crippen molar-refractivity contribution in [3.05, 3.63) is 17.6 Å². The summed E-state index contributed by atoms with van der Waals surface area (Å²) in [5.41, 5.74) is 1.04. The Bertz CT molecular complexity index is 179. The summed E-state index contributed by atoms with van der Waals surface area (Å²) in [5, 5.41) is 35.7. The van der Waals surface area contributed by atoms with Gasteiger partial charge in [0.15, 0.2) is 0 Å². The van der Waals surface area contributed by atoms with Crippen molar-refractivity contribution in [3.63, 3.8) is 0 Å². The zero-order valence-corrected chi connectivity index (χ0v) is 6.99. The highest BCUT2D eigenvalue weighted by Crippen LogP contribution is 2.22. The minimum Gasteiger partial charge on any atom is -0.504 e. The van der Waals surface area contributed by atoms with Crippen LogP contribution in [0.25, 0.3) is 0 Å². The molecule has 0 saturated heterocycles. The average molecular weight is 174 g/mol. The van der Waals surface area contributed by atoms with Gasteiger partial charge in [-0.15, -0.1) is 0 Å². The van der Waals surface area contributed by atoms with E-state index in [4.69, 9.17) is 15.3 Å². The summed E-state index contributed by atoms with van der Waals surface area (Å²) in [4.78, 5) is 0. The largest absolute Gasteiger partial charge is 0.504 e. The third-order valence-corrected chi connectivity index (χ3v) is 1.69. The molecule has 4 nitrogen and oxygen atoms in total. The van der Waals surface area contributed by atoms with Gasteiger partial charge in [-0.05, 0) is 13.0 Å². The van der Waals surface area contributed by atoms with E-state index >= 15 is 0 Å². The van der Waals surface area contributed by atoms with Crippen LogP contribution in [0.3, 0.4) is 0 Å². The van der Waals surface area contributed by atoms with Gasteiger partial charge >= 0.3 is 0 Å². The molecule has 12 heavy (non-hydrogen) atoms. The van der Waals surface area contributed by atoms with Crippen LogP contribution in [0.2, 0.25) is 0 Å². The molecule has 0 aromatic rings. The Morgan fingerprint density at radius 1 is 1.25 bits per heavy atom. The molecule has 0 aromatic carbocycles. The number of rotatable bonds is 4. The van der Waals surface area contributed by atoms with Crippen molar-refractivity contribution in [2.24, 2.45) is 5.41 Å². The number of aliphatic hydroxyl groups excluding tert-OH is 4. The van der Waals surface area contributed by atoms with Crippen molar-refractivity contribution >= 4 is 0 Å². The van der Waals surface area contributed by atoms with Gasteiger partial charge in [-0.3, -0.25) is 0 Å². The molecule has 0 saturated carbocycles. The third kappa shape index (κ3) is 2.09. The SMILES string of the molecule is CC=C=C(O)C(CO)(CO)CO. The Kier molecular flexibility index (Phi) is 4.62. The predicted molar refractivity (Wildman–Crippen MR) is 43.6 cm³/mol. The second kappa shape index (κ2) is 4.95. The molecule has 0 aliphatic rings. The van der Waals surface area contributed by atoms with Gasteiger partial charge in [-0.25, -0.2) is 0 Å². The highest BCUT2D eigenvalue weighted by molar-refractivity contribution is 5.06. The molecule has 0 bridgehead atoms. The first kappa shape index (κ1) is 11.2. The number of hydrogen-bond acceptors (Lipinski definition) is 4. The lowest BCUT2D eigenvalue weighted by atomic mass is 9.89. The zero-order chi connectivity index (χ0) is 9.61. The first-order valence-corrected chi connectivity index (χ1v) is 3.60. The molecule has 0 atom stereocenters. The van der Waals surface area contributed by atoms with Crippen LogP contribution < -0.4 is 0 Å². The Labute approximate surface area is 71.1 Å². The molecule has 0 fully saturated rings. The lowest BCUT2D eigenvalue weighted by molar-refractivity contribution is 0.00534. The maximum atomic E-state index is 9.25. The molecule has 4 N–H and O–H groups in total. The first-order chi connectivity index (χ1) is 5.66. The maximum Gasteiger partial charge on any atom is 0.147 e. The van der Waals surface area contributed by atoms with E-state index in [1.807, 2.05) is 0 Å². The molecule has 0 aliphatic heterocycles. The summed E-state index contributed by atoms with van der Waals surface area (Å²) in [6.45, 7) is 0.0686. The molecule has 0 radical (unpaired) electrons. The van der Waals surface area contributed by atoms with E-state index < -0.39 is 25.2 Å². The van der Waals surface area contributed by atoms with Crippen molar-refractivity contribution in [3.8, 4) is 0 Å². The van der Waals surface area contributed by atoms with E-state index in [1.165, 1.54) is 6.08 Å². The lowest BCUT2D eigenvalue weighted by Gasteiger charge is -2.24. The Morgan fingerprint density at radius 2 is 1.67 bits per heavy atom. The highest BCUT2D eigenvalue weighted by Gasteiger charge is 2.33. The van der Waals surface area contributed by atoms with Crippen LogP contribution >= 0.6 is 0 Å². The van der Waals surface area contributed by atoms with Crippen molar-refractivity contribution in [2.75, 3.05) is 19.8 Å². The monoisotopic (exact) mass is 174 g/mol. The predicted octanol–water partition coefficient (Wildman–Crippen LogP) is -0.433. The molecular weight excluding hydrogens is 160 g/mol. The number of hydrogen-bond donors (Lipinski definition) is 4. The van der Waals surface area contributed by atoms with Crippen LogP contribution in [-0.2, 0) is 0 Å². The normalized spacial score (nSPS) is 10.7. The molecule has 0 unspecified atom stereocenters. The van der Waals surface area contributed by atoms with Gasteiger partial charge in [-0.1, -0.05) is 5.73 Å². The minimum absolute atomic E-state index is 0.336. The van der Waals surface area contributed by atoms with Crippen LogP contribution in [0, 0.1) is 5.41 Å². The fourth-order valence-corrected chi connectivity index (χ4v) is 0.664. The van der Waals surface area contributed by atoms with E-state index in [9.17, 15) is 5.11 Å². The van der Waals surface area contributed by atoms with Crippen molar-refractivity contribution in [1.82, 2.24) is 0 Å². The second-order valence-electron chi connectivity index (χ2n) is 2.54. The average Bonchev–Trinajstić information content (AvgIpc) is 2.09. The van der Waals surface area contributed by atoms with E-state index in [1.54, 1.807) is 6.92 Å². The lowest BCUT2D eigenvalue weighted by Crippen LogP contribution is -2.35. The van der Waals surface area contributed by atoms with Crippen LogP contribution in [-0.4, -0.2) is 40.2 Å². The molecule has 0 aromatic heterocycles. The Hall–Kier alpha value is -0.800. The molecule has 70 valence electrons. The molecule has 4 heteroatoms. The summed E-state index contributed by atoms with van der Waals surface area (Å²) in [6.07, 6.45) is 1.44. The van der Waals surface area contributed by atoms with E-state index in [-0.39, 0.29) is 5.76 Å². The summed E-state index contributed by atoms with van der Waals surface area (Å²) in [6, 6.07) is 0. The second-order valence-corrected chi connectivity index (χ2v) is 2.54. The highest BCUT2D eigenvalue weighted by atomic mass is 16.3. The topological polar surface area (TPSA) is 80.9 Å². The van der Waals surface area contributed by atoms with E-state index in [0.29, 0.717) is 0 Å². The van der Waals surface area contributed by atoms with Gasteiger partial charge in [0.2, 0.25) is 0 Å². The van der Waals surface area contributed by atoms with Crippen LogP contribution in [0.5, 0.6) is 0 Å². The van der Waals surface area contributed by atoms with Gasteiger partial charge in [0.1, 0.15) is 11.2 Å². The van der Waals surface area contributed by atoms with Crippen molar-refractivity contribution < 1.29 is 20.4 Å². The molecule has 0 rings (SSSR count). The van der Waals surface area contributed by atoms with Crippen LogP contribution in [0.1, 0.15) is 6.92 Å². The van der Waals surface area contributed by atoms with Crippen LogP contribution in [0.4, 0.5) is 0 Å². The summed E-state index contributed by atoms with van der Waals surface area (Å²) in [5.74, 6) is -0.336. The van der Waals surface area contributed by atoms with Gasteiger partial charge in [0.05, 0.1) is 19.8 Å². The van der Waals surface area contributed by atoms with Gasteiger partial charge in [0, 0.05) is 0 Å². The van der Waals surface area contributed by atoms with Crippen molar-refractivity contribution in [2.45, 2.75) is 6.92 Å². The summed E-state index contributed by atoms with van der Waals surface area (Å²) >= 11 is 0. The summed E-state index contributed by atoms with van der Waals surface area (Å²) < 4.78 is 0. The van der Waals surface area contributed by atoms with E-state index in [0.717, 1.165) is 0 Å². The molecule has 0 spiro atoms. The molecule has 0 aliphatic carbocycles. The fourth-order valence-electron chi connectivity index (χ4n) is 0.664. The maximum absolute atomic E-state index is 9.25. The Morgan fingerprint density at radius 3 is 1.92 bits per heavy atom. The van der Waals surface area contributed by atoms with E-state index in [2.05, 4.69) is 5.73 Å².